The molecule has 8 nitrogen and oxygen atoms in total. The molecule has 9 heteroatoms. The van der Waals surface area contributed by atoms with Gasteiger partial charge in [-0.2, -0.15) is 0 Å². The lowest BCUT2D eigenvalue weighted by molar-refractivity contribution is 0.122. The van der Waals surface area contributed by atoms with E-state index in [4.69, 9.17) is 4.74 Å². The maximum Gasteiger partial charge on any atom is 0.205 e. The smallest absolute Gasteiger partial charge is 0.205 e. The van der Waals surface area contributed by atoms with Gasteiger partial charge in [-0.25, -0.2) is 9.97 Å². The fourth-order valence-electron chi connectivity index (χ4n) is 4.21. The molecule has 152 valence electrons. The van der Waals surface area contributed by atoms with Gasteiger partial charge in [-0.3, -0.25) is 0 Å². The third-order valence-corrected chi connectivity index (χ3v) is 6.34. The second-order valence-corrected chi connectivity index (χ2v) is 8.41. The van der Waals surface area contributed by atoms with E-state index in [1.165, 1.54) is 18.5 Å². The molecule has 29 heavy (non-hydrogen) atoms. The minimum absolute atomic E-state index is 0.560. The Hall–Kier alpha value is -2.52. The maximum atomic E-state index is 5.47. The Morgan fingerprint density at radius 3 is 2.93 bits per heavy atom. The van der Waals surface area contributed by atoms with Gasteiger partial charge in [0, 0.05) is 43.8 Å². The van der Waals surface area contributed by atoms with E-state index >= 15 is 0 Å². The van der Waals surface area contributed by atoms with Gasteiger partial charge < -0.3 is 19.9 Å². The van der Waals surface area contributed by atoms with Gasteiger partial charge in [0.25, 0.3) is 0 Å². The number of fused-ring (bicyclic) bond motifs is 1. The largest absolute Gasteiger partial charge is 0.378 e. The lowest BCUT2D eigenvalue weighted by Crippen LogP contribution is -2.38. The van der Waals surface area contributed by atoms with E-state index in [1.807, 2.05) is 0 Å². The summed E-state index contributed by atoms with van der Waals surface area (Å²) in [5.41, 5.74) is 3.98. The van der Waals surface area contributed by atoms with E-state index < -0.39 is 0 Å². The van der Waals surface area contributed by atoms with Crippen molar-refractivity contribution < 1.29 is 4.74 Å². The van der Waals surface area contributed by atoms with E-state index in [-0.39, 0.29) is 0 Å². The Balaban J connectivity index is 1.33. The predicted molar refractivity (Wildman–Crippen MR) is 116 cm³/mol. The minimum atomic E-state index is 0.560. The minimum Gasteiger partial charge on any atom is -0.378 e. The summed E-state index contributed by atoms with van der Waals surface area (Å²) >= 11 is 1.54. The Kier molecular flexibility index (Phi) is 5.40. The van der Waals surface area contributed by atoms with Crippen molar-refractivity contribution in [3.8, 4) is 0 Å². The molecule has 2 fully saturated rings. The molecule has 0 bridgehead atoms. The number of piperidine rings is 1. The van der Waals surface area contributed by atoms with E-state index in [9.17, 15) is 0 Å². The highest BCUT2D eigenvalue weighted by Crippen LogP contribution is 2.30. The third kappa shape index (κ3) is 4.11. The number of hydrogen-bond acceptors (Lipinski definition) is 9. The van der Waals surface area contributed by atoms with Crippen LogP contribution in [0.1, 0.15) is 12.8 Å². The third-order valence-electron chi connectivity index (χ3n) is 5.70. The van der Waals surface area contributed by atoms with Crippen LogP contribution in [0.2, 0.25) is 0 Å². The fourth-order valence-corrected chi connectivity index (χ4v) is 4.66. The number of ether oxygens (including phenoxy) is 1. The van der Waals surface area contributed by atoms with Crippen LogP contribution < -0.4 is 15.1 Å². The van der Waals surface area contributed by atoms with Crippen molar-refractivity contribution in [1.29, 1.82) is 0 Å². The second kappa shape index (κ2) is 8.46. The van der Waals surface area contributed by atoms with Crippen molar-refractivity contribution in [3.05, 3.63) is 30.0 Å². The van der Waals surface area contributed by atoms with Gasteiger partial charge in [0.05, 0.1) is 18.7 Å². The monoisotopic (exact) mass is 411 g/mol. The molecule has 1 atom stereocenters. The van der Waals surface area contributed by atoms with Crippen molar-refractivity contribution in [2.75, 3.05) is 61.1 Å². The van der Waals surface area contributed by atoms with Crippen LogP contribution in [0.4, 0.5) is 16.6 Å². The molecule has 2 aliphatic heterocycles. The summed E-state index contributed by atoms with van der Waals surface area (Å²) in [6.07, 6.45) is 4.08. The fraction of sp³-hybridized carbons (Fsp3) is 0.500. The lowest BCUT2D eigenvalue weighted by atomic mass is 9.97. The molecule has 0 radical (unpaired) electrons. The Bertz CT molecular complexity index is 945. The van der Waals surface area contributed by atoms with E-state index in [1.54, 1.807) is 23.2 Å². The molecule has 0 aliphatic carbocycles. The number of anilines is 3. The number of rotatable bonds is 5. The van der Waals surface area contributed by atoms with E-state index in [0.717, 1.165) is 67.8 Å². The first kappa shape index (κ1) is 18.5. The van der Waals surface area contributed by atoms with E-state index in [2.05, 4.69) is 53.5 Å². The van der Waals surface area contributed by atoms with Gasteiger partial charge in [-0.15, -0.1) is 10.2 Å². The zero-order chi connectivity index (χ0) is 19.5. The SMILES string of the molecule is c1nc(N2CCCC(CNc3nncs3)C2)c2ccc(N3CCOCC3)cc2n1. The summed E-state index contributed by atoms with van der Waals surface area (Å²) in [5.74, 6) is 1.61. The topological polar surface area (TPSA) is 79.3 Å². The highest BCUT2D eigenvalue weighted by atomic mass is 32.1. The van der Waals surface area contributed by atoms with Crippen molar-refractivity contribution >= 4 is 38.9 Å². The molecule has 2 saturated heterocycles. The molecule has 0 amide bonds. The number of nitrogens with zero attached hydrogens (tertiary/aromatic N) is 6. The number of nitrogens with one attached hydrogen (secondary N) is 1. The molecule has 0 saturated carbocycles. The summed E-state index contributed by atoms with van der Waals surface area (Å²) in [4.78, 5) is 14.0. The molecule has 1 unspecified atom stereocenters. The standard InChI is InChI=1S/C20H25N7OS/c1-2-15(11-21-20-25-24-14-29-20)12-27(5-1)19-17-4-3-16(10-18(17)22-13-23-19)26-6-8-28-9-7-26/h3-4,10,13-15H,1-2,5-9,11-12H2,(H,21,25). The average Bonchev–Trinajstić information content (AvgIpc) is 3.31. The Morgan fingerprint density at radius 1 is 1.14 bits per heavy atom. The van der Waals surface area contributed by atoms with Gasteiger partial charge in [-0.05, 0) is 37.0 Å². The Morgan fingerprint density at radius 2 is 2.07 bits per heavy atom. The summed E-state index contributed by atoms with van der Waals surface area (Å²) < 4.78 is 5.47. The average molecular weight is 412 g/mol. The van der Waals surface area contributed by atoms with Crippen LogP contribution in [0.15, 0.2) is 30.0 Å². The number of benzene rings is 1. The molecule has 1 aromatic carbocycles. The van der Waals surface area contributed by atoms with Crippen molar-refractivity contribution in [2.45, 2.75) is 12.8 Å². The normalized spacial score (nSPS) is 20.2. The van der Waals surface area contributed by atoms with E-state index in [0.29, 0.717) is 5.92 Å². The van der Waals surface area contributed by atoms with Gasteiger partial charge in [0.2, 0.25) is 5.13 Å². The molecular weight excluding hydrogens is 386 g/mol. The second-order valence-electron chi connectivity index (χ2n) is 7.58. The molecular formula is C20H25N7OS. The molecule has 2 aromatic heterocycles. The van der Waals surface area contributed by atoms with Crippen LogP contribution in [0.5, 0.6) is 0 Å². The Labute approximate surface area is 173 Å². The lowest BCUT2D eigenvalue weighted by Gasteiger charge is -2.34. The quantitative estimate of drug-likeness (QED) is 0.686. The first-order valence-electron chi connectivity index (χ1n) is 10.2. The van der Waals surface area contributed by atoms with Crippen LogP contribution in [0.25, 0.3) is 10.9 Å². The van der Waals surface area contributed by atoms with Crippen molar-refractivity contribution in [1.82, 2.24) is 20.2 Å². The number of morpholine rings is 1. The van der Waals surface area contributed by atoms with Gasteiger partial charge in [0.1, 0.15) is 17.7 Å². The zero-order valence-corrected chi connectivity index (χ0v) is 17.1. The number of hydrogen-bond donors (Lipinski definition) is 1. The highest BCUT2D eigenvalue weighted by molar-refractivity contribution is 7.13. The molecule has 3 aromatic rings. The first-order valence-corrected chi connectivity index (χ1v) is 11.1. The molecule has 1 N–H and O–H groups in total. The van der Waals surface area contributed by atoms with Crippen LogP contribution in [0.3, 0.4) is 0 Å². The summed E-state index contributed by atoms with van der Waals surface area (Å²) in [7, 11) is 0. The summed E-state index contributed by atoms with van der Waals surface area (Å²) in [6.45, 7) is 6.37. The summed E-state index contributed by atoms with van der Waals surface area (Å²) in [5, 5.41) is 13.4. The molecule has 2 aliphatic rings. The van der Waals surface area contributed by atoms with Crippen LogP contribution in [-0.4, -0.2) is 66.1 Å². The predicted octanol–water partition coefficient (Wildman–Crippen LogP) is 2.65. The van der Waals surface area contributed by atoms with Crippen LogP contribution in [0, 0.1) is 5.92 Å². The van der Waals surface area contributed by atoms with Crippen molar-refractivity contribution in [2.24, 2.45) is 5.92 Å². The van der Waals surface area contributed by atoms with Gasteiger partial charge >= 0.3 is 0 Å². The molecule has 4 heterocycles. The molecule has 5 rings (SSSR count). The molecule has 0 spiro atoms. The number of aromatic nitrogens is 4. The summed E-state index contributed by atoms with van der Waals surface area (Å²) in [6, 6.07) is 6.56. The van der Waals surface area contributed by atoms with Crippen LogP contribution in [-0.2, 0) is 4.74 Å². The highest BCUT2D eigenvalue weighted by Gasteiger charge is 2.23. The van der Waals surface area contributed by atoms with Crippen molar-refractivity contribution in [3.63, 3.8) is 0 Å². The van der Waals surface area contributed by atoms with Gasteiger partial charge in [0.15, 0.2) is 0 Å². The first-order chi connectivity index (χ1) is 14.4. The maximum absolute atomic E-state index is 5.47. The van der Waals surface area contributed by atoms with Crippen LogP contribution >= 0.6 is 11.3 Å². The van der Waals surface area contributed by atoms with Gasteiger partial charge in [-0.1, -0.05) is 11.3 Å². The zero-order valence-electron chi connectivity index (χ0n) is 16.3.